The van der Waals surface area contributed by atoms with E-state index < -0.39 is 0 Å². The van der Waals surface area contributed by atoms with E-state index in [9.17, 15) is 4.79 Å². The van der Waals surface area contributed by atoms with E-state index in [0.717, 1.165) is 42.1 Å². The SMILES string of the molecule is CCc1ccc(NC(=O)N2CC[C@@H](c3nc4cccnc4n3C)C2)cc1. The number of urea groups is 1. The number of carbonyl (C=O) groups excluding carboxylic acids is 1. The second-order valence-corrected chi connectivity index (χ2v) is 6.79. The average Bonchev–Trinajstić information content (AvgIpc) is 3.28. The van der Waals surface area contributed by atoms with Gasteiger partial charge in [-0.05, 0) is 42.7 Å². The van der Waals surface area contributed by atoms with E-state index in [0.29, 0.717) is 6.54 Å². The fourth-order valence-corrected chi connectivity index (χ4v) is 3.59. The summed E-state index contributed by atoms with van der Waals surface area (Å²) >= 11 is 0. The predicted octanol–water partition coefficient (Wildman–Crippen LogP) is 3.55. The van der Waals surface area contributed by atoms with E-state index in [2.05, 4.69) is 29.4 Å². The molecular weight excluding hydrogens is 326 g/mol. The lowest BCUT2D eigenvalue weighted by molar-refractivity contribution is 0.222. The maximum atomic E-state index is 12.6. The number of pyridine rings is 1. The van der Waals surface area contributed by atoms with Crippen molar-refractivity contribution in [1.82, 2.24) is 19.4 Å². The van der Waals surface area contributed by atoms with Crippen LogP contribution >= 0.6 is 0 Å². The molecule has 134 valence electrons. The molecule has 1 aromatic carbocycles. The van der Waals surface area contributed by atoms with Crippen molar-refractivity contribution in [2.75, 3.05) is 18.4 Å². The topological polar surface area (TPSA) is 63.1 Å². The number of imidazole rings is 1. The average molecular weight is 349 g/mol. The number of carbonyl (C=O) groups is 1. The fourth-order valence-electron chi connectivity index (χ4n) is 3.59. The molecule has 3 aromatic rings. The van der Waals surface area contributed by atoms with Gasteiger partial charge in [-0.3, -0.25) is 0 Å². The van der Waals surface area contributed by atoms with Gasteiger partial charge in [-0.2, -0.15) is 0 Å². The van der Waals surface area contributed by atoms with E-state index in [1.165, 1.54) is 5.56 Å². The Bertz CT molecular complexity index is 931. The Morgan fingerprint density at radius 3 is 2.81 bits per heavy atom. The number of nitrogens with zero attached hydrogens (tertiary/aromatic N) is 4. The molecule has 0 saturated carbocycles. The zero-order valence-electron chi connectivity index (χ0n) is 15.1. The van der Waals surface area contributed by atoms with E-state index in [4.69, 9.17) is 4.98 Å². The lowest BCUT2D eigenvalue weighted by Crippen LogP contribution is -2.33. The minimum Gasteiger partial charge on any atom is -0.324 e. The molecule has 1 aliphatic heterocycles. The first kappa shape index (κ1) is 16.6. The highest BCUT2D eigenvalue weighted by molar-refractivity contribution is 5.89. The van der Waals surface area contributed by atoms with E-state index >= 15 is 0 Å². The first-order valence-electron chi connectivity index (χ1n) is 9.08. The Labute approximate surface area is 152 Å². The molecule has 1 saturated heterocycles. The molecule has 3 heterocycles. The van der Waals surface area contributed by atoms with Crippen molar-refractivity contribution in [2.24, 2.45) is 7.05 Å². The van der Waals surface area contributed by atoms with Crippen LogP contribution in [-0.2, 0) is 13.5 Å². The number of anilines is 1. The third-order valence-electron chi connectivity index (χ3n) is 5.12. The second-order valence-electron chi connectivity index (χ2n) is 6.79. The van der Waals surface area contributed by atoms with Crippen molar-refractivity contribution in [3.63, 3.8) is 0 Å². The van der Waals surface area contributed by atoms with E-state index in [1.807, 2.05) is 40.8 Å². The Kier molecular flexibility index (Phi) is 4.32. The highest BCUT2D eigenvalue weighted by Gasteiger charge is 2.30. The fraction of sp³-hybridized carbons (Fsp3) is 0.350. The van der Waals surface area contributed by atoms with Crippen LogP contribution < -0.4 is 5.32 Å². The molecule has 1 aliphatic rings. The number of likely N-dealkylation sites (tertiary alicyclic amines) is 1. The summed E-state index contributed by atoms with van der Waals surface area (Å²) in [5.74, 6) is 1.24. The van der Waals surface area contributed by atoms with Gasteiger partial charge in [-0.25, -0.2) is 14.8 Å². The van der Waals surface area contributed by atoms with Crippen molar-refractivity contribution < 1.29 is 4.79 Å². The van der Waals surface area contributed by atoms with Gasteiger partial charge in [0.1, 0.15) is 11.3 Å². The summed E-state index contributed by atoms with van der Waals surface area (Å²) in [5.41, 5.74) is 3.90. The zero-order chi connectivity index (χ0) is 18.1. The number of hydrogen-bond donors (Lipinski definition) is 1. The van der Waals surface area contributed by atoms with Crippen molar-refractivity contribution >= 4 is 22.9 Å². The molecule has 0 unspecified atom stereocenters. The summed E-state index contributed by atoms with van der Waals surface area (Å²) in [7, 11) is 2.00. The summed E-state index contributed by atoms with van der Waals surface area (Å²) in [5, 5.41) is 3.00. The lowest BCUT2D eigenvalue weighted by Gasteiger charge is -2.17. The molecule has 0 bridgehead atoms. The largest absolute Gasteiger partial charge is 0.324 e. The highest BCUT2D eigenvalue weighted by atomic mass is 16.2. The number of benzene rings is 1. The lowest BCUT2D eigenvalue weighted by atomic mass is 10.1. The molecule has 6 nitrogen and oxygen atoms in total. The first-order valence-corrected chi connectivity index (χ1v) is 9.08. The molecule has 26 heavy (non-hydrogen) atoms. The normalized spacial score (nSPS) is 17.0. The second kappa shape index (κ2) is 6.78. The van der Waals surface area contributed by atoms with Gasteiger partial charge < -0.3 is 14.8 Å². The summed E-state index contributed by atoms with van der Waals surface area (Å²) in [6.45, 7) is 3.53. The number of fused-ring (bicyclic) bond motifs is 1. The van der Waals surface area contributed by atoms with Gasteiger partial charge in [0.25, 0.3) is 0 Å². The molecule has 0 spiro atoms. The zero-order valence-corrected chi connectivity index (χ0v) is 15.1. The van der Waals surface area contributed by atoms with Crippen molar-refractivity contribution in [2.45, 2.75) is 25.7 Å². The molecule has 1 N–H and O–H groups in total. The molecule has 4 rings (SSSR count). The first-order chi connectivity index (χ1) is 12.7. The van der Waals surface area contributed by atoms with Crippen LogP contribution in [0.15, 0.2) is 42.6 Å². The Morgan fingerprint density at radius 1 is 1.27 bits per heavy atom. The predicted molar refractivity (Wildman–Crippen MR) is 102 cm³/mol. The molecule has 1 atom stereocenters. The van der Waals surface area contributed by atoms with Crippen LogP contribution in [-0.4, -0.2) is 38.6 Å². The molecule has 6 heteroatoms. The number of aromatic nitrogens is 3. The van der Waals surface area contributed by atoms with Gasteiger partial charge in [0, 0.05) is 37.9 Å². The minimum atomic E-state index is -0.0476. The maximum Gasteiger partial charge on any atom is 0.321 e. The van der Waals surface area contributed by atoms with Gasteiger partial charge >= 0.3 is 6.03 Å². The molecule has 1 fully saturated rings. The van der Waals surface area contributed by atoms with Crippen molar-refractivity contribution in [3.05, 3.63) is 54.0 Å². The van der Waals surface area contributed by atoms with Gasteiger partial charge in [-0.1, -0.05) is 19.1 Å². The minimum absolute atomic E-state index is 0.0476. The van der Waals surface area contributed by atoms with Gasteiger partial charge in [0.2, 0.25) is 0 Å². The molecular formula is C20H23N5O. The van der Waals surface area contributed by atoms with Crippen LogP contribution in [0.3, 0.4) is 0 Å². The van der Waals surface area contributed by atoms with Gasteiger partial charge in [0.15, 0.2) is 5.65 Å². The van der Waals surface area contributed by atoms with Gasteiger partial charge in [0.05, 0.1) is 0 Å². The third-order valence-corrected chi connectivity index (χ3v) is 5.12. The van der Waals surface area contributed by atoms with Gasteiger partial charge in [-0.15, -0.1) is 0 Å². The number of rotatable bonds is 3. The third kappa shape index (κ3) is 3.03. The van der Waals surface area contributed by atoms with Crippen molar-refractivity contribution in [1.29, 1.82) is 0 Å². The molecule has 0 aliphatic carbocycles. The number of nitrogens with one attached hydrogen (secondary N) is 1. The summed E-state index contributed by atoms with van der Waals surface area (Å²) < 4.78 is 2.05. The number of aryl methyl sites for hydroxylation is 2. The Balaban J connectivity index is 1.45. The quantitative estimate of drug-likeness (QED) is 0.786. The highest BCUT2D eigenvalue weighted by Crippen LogP contribution is 2.28. The Hall–Kier alpha value is -2.89. The number of amides is 2. The Morgan fingerprint density at radius 2 is 2.08 bits per heavy atom. The van der Waals surface area contributed by atoms with Crippen LogP contribution in [0.4, 0.5) is 10.5 Å². The van der Waals surface area contributed by atoms with Crippen LogP contribution in [0.5, 0.6) is 0 Å². The summed E-state index contributed by atoms with van der Waals surface area (Å²) in [6, 6.07) is 11.9. The van der Waals surface area contributed by atoms with Crippen LogP contribution in [0.25, 0.3) is 11.2 Å². The molecule has 2 aromatic heterocycles. The van der Waals surface area contributed by atoms with E-state index in [-0.39, 0.29) is 11.9 Å². The smallest absolute Gasteiger partial charge is 0.321 e. The monoisotopic (exact) mass is 349 g/mol. The standard InChI is InChI=1S/C20H23N5O/c1-3-14-6-8-16(9-7-14)22-20(26)25-12-10-15(13-25)18-23-17-5-4-11-21-19(17)24(18)2/h4-9,11,15H,3,10,12-13H2,1-2H3,(H,22,26)/t15-/m1/s1. The van der Waals surface area contributed by atoms with E-state index in [1.54, 1.807) is 6.20 Å². The summed E-state index contributed by atoms with van der Waals surface area (Å²) in [4.78, 5) is 23.6. The number of hydrogen-bond acceptors (Lipinski definition) is 3. The molecule has 2 amide bonds. The van der Waals surface area contributed by atoms with Crippen LogP contribution in [0, 0.1) is 0 Å². The maximum absolute atomic E-state index is 12.6. The summed E-state index contributed by atoms with van der Waals surface area (Å²) in [6.07, 6.45) is 3.69. The van der Waals surface area contributed by atoms with Crippen LogP contribution in [0.1, 0.15) is 30.7 Å². The molecule has 0 radical (unpaired) electrons. The van der Waals surface area contributed by atoms with Crippen LogP contribution in [0.2, 0.25) is 0 Å². The van der Waals surface area contributed by atoms with Crippen molar-refractivity contribution in [3.8, 4) is 0 Å².